The van der Waals surface area contributed by atoms with Gasteiger partial charge >= 0.3 is 5.69 Å². The Morgan fingerprint density at radius 3 is 2.62 bits per heavy atom. The summed E-state index contributed by atoms with van der Waals surface area (Å²) in [6.07, 6.45) is 1.59. The van der Waals surface area contributed by atoms with Crippen LogP contribution >= 0.6 is 0 Å². The summed E-state index contributed by atoms with van der Waals surface area (Å²) in [6, 6.07) is -0.364. The van der Waals surface area contributed by atoms with Crippen LogP contribution in [0, 0.1) is 24.0 Å². The van der Waals surface area contributed by atoms with Crippen molar-refractivity contribution in [2.24, 2.45) is 0 Å². The SMILES string of the molecule is CNc1nc(C)c([N+](=O)[O-])c(NC(C)c2ncc(C)o2)n1. The lowest BCUT2D eigenvalue weighted by Crippen LogP contribution is -2.13. The monoisotopic (exact) mass is 292 g/mol. The molecule has 0 aromatic carbocycles. The van der Waals surface area contributed by atoms with E-state index in [1.54, 1.807) is 34.0 Å². The quantitative estimate of drug-likeness (QED) is 0.635. The number of aryl methyl sites for hydroxylation is 2. The maximum atomic E-state index is 11.2. The Bertz CT molecular complexity index is 669. The predicted octanol–water partition coefficient (Wildman–Crippen LogP) is 2.20. The largest absolute Gasteiger partial charge is 0.444 e. The average Bonchev–Trinajstić information content (AvgIpc) is 2.84. The second-order valence-electron chi connectivity index (χ2n) is 4.51. The Morgan fingerprint density at radius 2 is 2.10 bits per heavy atom. The first-order valence-electron chi connectivity index (χ1n) is 6.32. The van der Waals surface area contributed by atoms with Crippen molar-refractivity contribution < 1.29 is 9.34 Å². The van der Waals surface area contributed by atoms with Gasteiger partial charge < -0.3 is 15.1 Å². The minimum absolute atomic E-state index is 0.125. The van der Waals surface area contributed by atoms with E-state index in [1.165, 1.54) is 0 Å². The fourth-order valence-corrected chi connectivity index (χ4v) is 1.84. The first-order valence-corrected chi connectivity index (χ1v) is 6.32. The molecular formula is C12H16N6O3. The van der Waals surface area contributed by atoms with E-state index in [1.807, 2.05) is 0 Å². The van der Waals surface area contributed by atoms with Crippen LogP contribution in [0.15, 0.2) is 10.6 Å². The summed E-state index contributed by atoms with van der Waals surface area (Å²) in [5.41, 5.74) is 0.113. The molecule has 1 atom stereocenters. The van der Waals surface area contributed by atoms with Gasteiger partial charge in [-0.05, 0) is 20.8 Å². The summed E-state index contributed by atoms with van der Waals surface area (Å²) >= 11 is 0. The number of rotatable bonds is 5. The first kappa shape index (κ1) is 14.7. The molecule has 0 saturated heterocycles. The molecule has 0 amide bonds. The number of aromatic nitrogens is 3. The molecule has 0 bridgehead atoms. The second kappa shape index (κ2) is 5.73. The zero-order valence-corrected chi connectivity index (χ0v) is 12.2. The van der Waals surface area contributed by atoms with Crippen LogP contribution < -0.4 is 10.6 Å². The van der Waals surface area contributed by atoms with Crippen molar-refractivity contribution >= 4 is 17.5 Å². The van der Waals surface area contributed by atoms with Crippen molar-refractivity contribution in [3.8, 4) is 0 Å². The smallest absolute Gasteiger partial charge is 0.332 e. The van der Waals surface area contributed by atoms with Gasteiger partial charge in [-0.1, -0.05) is 0 Å². The lowest BCUT2D eigenvalue weighted by molar-refractivity contribution is -0.385. The number of nitrogens with zero attached hydrogens (tertiary/aromatic N) is 4. The van der Waals surface area contributed by atoms with Gasteiger partial charge in [-0.2, -0.15) is 4.98 Å². The Kier molecular flexibility index (Phi) is 4.01. The molecule has 0 saturated carbocycles. The van der Waals surface area contributed by atoms with Gasteiger partial charge in [0.2, 0.25) is 17.7 Å². The van der Waals surface area contributed by atoms with E-state index in [4.69, 9.17) is 4.42 Å². The van der Waals surface area contributed by atoms with Gasteiger partial charge in [0, 0.05) is 7.05 Å². The summed E-state index contributed by atoms with van der Waals surface area (Å²) in [5, 5.41) is 16.9. The molecule has 1 unspecified atom stereocenters. The highest BCUT2D eigenvalue weighted by molar-refractivity contribution is 5.61. The van der Waals surface area contributed by atoms with Gasteiger partial charge in [0.15, 0.2) is 0 Å². The molecular weight excluding hydrogens is 276 g/mol. The molecule has 0 radical (unpaired) electrons. The highest BCUT2D eigenvalue weighted by atomic mass is 16.6. The lowest BCUT2D eigenvalue weighted by atomic mass is 10.3. The van der Waals surface area contributed by atoms with Crippen LogP contribution in [0.4, 0.5) is 17.5 Å². The molecule has 2 heterocycles. The van der Waals surface area contributed by atoms with E-state index in [9.17, 15) is 10.1 Å². The van der Waals surface area contributed by atoms with Crippen LogP contribution in [-0.4, -0.2) is 26.9 Å². The second-order valence-corrected chi connectivity index (χ2v) is 4.51. The van der Waals surface area contributed by atoms with Crippen molar-refractivity contribution in [1.29, 1.82) is 0 Å². The molecule has 2 N–H and O–H groups in total. The third-order valence-electron chi connectivity index (χ3n) is 2.83. The van der Waals surface area contributed by atoms with Crippen molar-refractivity contribution in [3.63, 3.8) is 0 Å². The molecule has 2 aromatic heterocycles. The molecule has 21 heavy (non-hydrogen) atoms. The van der Waals surface area contributed by atoms with Crippen LogP contribution in [0.1, 0.15) is 30.3 Å². The topological polar surface area (TPSA) is 119 Å². The van der Waals surface area contributed by atoms with E-state index >= 15 is 0 Å². The first-order chi connectivity index (χ1) is 9.92. The van der Waals surface area contributed by atoms with Crippen molar-refractivity contribution in [2.75, 3.05) is 17.7 Å². The van der Waals surface area contributed by atoms with Gasteiger partial charge in [-0.15, -0.1) is 0 Å². The zero-order chi connectivity index (χ0) is 15.6. The maximum Gasteiger partial charge on any atom is 0.332 e. The molecule has 0 aliphatic heterocycles. The Balaban J connectivity index is 2.37. The normalized spacial score (nSPS) is 12.0. The fourth-order valence-electron chi connectivity index (χ4n) is 1.84. The number of anilines is 2. The Labute approximate surface area is 121 Å². The third-order valence-corrected chi connectivity index (χ3v) is 2.83. The fraction of sp³-hybridized carbons (Fsp3) is 0.417. The Hall–Kier alpha value is -2.71. The van der Waals surface area contributed by atoms with E-state index in [-0.39, 0.29) is 23.2 Å². The minimum atomic E-state index is -0.509. The molecule has 0 aliphatic carbocycles. The van der Waals surface area contributed by atoms with Crippen LogP contribution in [0.25, 0.3) is 0 Å². The molecule has 9 nitrogen and oxygen atoms in total. The van der Waals surface area contributed by atoms with Crippen LogP contribution in [0.2, 0.25) is 0 Å². The zero-order valence-electron chi connectivity index (χ0n) is 12.2. The van der Waals surface area contributed by atoms with E-state index in [2.05, 4.69) is 25.6 Å². The van der Waals surface area contributed by atoms with Gasteiger partial charge in [-0.25, -0.2) is 9.97 Å². The standard InChI is InChI=1S/C12H16N6O3/c1-6-5-14-11(21-6)8(3)15-10-9(18(19)20)7(2)16-12(13-4)17-10/h5,8H,1-4H3,(H2,13,15,16,17). The lowest BCUT2D eigenvalue weighted by Gasteiger charge is -2.13. The minimum Gasteiger partial charge on any atom is -0.444 e. The van der Waals surface area contributed by atoms with Crippen LogP contribution in [0.5, 0.6) is 0 Å². The summed E-state index contributed by atoms with van der Waals surface area (Å²) < 4.78 is 5.40. The van der Waals surface area contributed by atoms with Crippen molar-refractivity contribution in [3.05, 3.63) is 33.7 Å². The summed E-state index contributed by atoms with van der Waals surface area (Å²) in [4.78, 5) is 22.9. The van der Waals surface area contributed by atoms with Crippen molar-refractivity contribution in [2.45, 2.75) is 26.8 Å². The van der Waals surface area contributed by atoms with Crippen LogP contribution in [0.3, 0.4) is 0 Å². The predicted molar refractivity (Wildman–Crippen MR) is 76.2 cm³/mol. The van der Waals surface area contributed by atoms with Gasteiger partial charge in [0.05, 0.1) is 11.1 Å². The molecule has 2 aromatic rings. The van der Waals surface area contributed by atoms with E-state index in [0.29, 0.717) is 17.6 Å². The van der Waals surface area contributed by atoms with Crippen molar-refractivity contribution in [1.82, 2.24) is 15.0 Å². The number of nitrogens with one attached hydrogen (secondary N) is 2. The number of nitro groups is 1. The maximum absolute atomic E-state index is 11.2. The Morgan fingerprint density at radius 1 is 1.38 bits per heavy atom. The van der Waals surface area contributed by atoms with E-state index < -0.39 is 4.92 Å². The summed E-state index contributed by atoms with van der Waals surface area (Å²) in [6.45, 7) is 5.12. The number of hydrogen-bond donors (Lipinski definition) is 2. The third kappa shape index (κ3) is 3.07. The van der Waals surface area contributed by atoms with E-state index in [0.717, 1.165) is 0 Å². The molecule has 9 heteroatoms. The average molecular weight is 292 g/mol. The summed E-state index contributed by atoms with van der Waals surface area (Å²) in [7, 11) is 1.64. The molecule has 0 fully saturated rings. The number of oxazole rings is 1. The highest BCUT2D eigenvalue weighted by Gasteiger charge is 2.24. The molecule has 2 rings (SSSR count). The highest BCUT2D eigenvalue weighted by Crippen LogP contribution is 2.29. The molecule has 0 aliphatic rings. The van der Waals surface area contributed by atoms with Gasteiger partial charge in [0.1, 0.15) is 17.5 Å². The molecule has 112 valence electrons. The number of hydrogen-bond acceptors (Lipinski definition) is 8. The van der Waals surface area contributed by atoms with Gasteiger partial charge in [-0.3, -0.25) is 10.1 Å². The summed E-state index contributed by atoms with van der Waals surface area (Å²) in [5.74, 6) is 1.53. The van der Waals surface area contributed by atoms with Crippen LogP contribution in [-0.2, 0) is 0 Å². The molecule has 0 spiro atoms. The van der Waals surface area contributed by atoms with Gasteiger partial charge in [0.25, 0.3) is 0 Å².